The molecule has 0 aromatic carbocycles. The lowest BCUT2D eigenvalue weighted by Gasteiger charge is -2.17. The molecule has 0 amide bonds. The summed E-state index contributed by atoms with van der Waals surface area (Å²) >= 11 is 0. The van der Waals surface area contributed by atoms with E-state index in [0.29, 0.717) is 6.54 Å². The maximum Gasteiger partial charge on any atom is 0.327 e. The Balaban J connectivity index is 2.06. The number of hydrogen-bond acceptors (Lipinski definition) is 4. The van der Waals surface area contributed by atoms with Crippen molar-refractivity contribution >= 4 is 17.0 Å². The van der Waals surface area contributed by atoms with Crippen molar-refractivity contribution in [2.75, 3.05) is 31.5 Å². The SMILES string of the molecule is CCCCCCNc1ccc2[nH]c(=O)n(CCN(CC)CC)c2n1. The smallest absolute Gasteiger partial charge is 0.327 e. The third-order valence-corrected chi connectivity index (χ3v) is 4.49. The van der Waals surface area contributed by atoms with Crippen molar-refractivity contribution in [1.29, 1.82) is 0 Å². The molecule has 0 radical (unpaired) electrons. The van der Waals surface area contributed by atoms with E-state index in [2.05, 4.69) is 41.0 Å². The summed E-state index contributed by atoms with van der Waals surface area (Å²) in [4.78, 5) is 22.0. The molecule has 0 aliphatic carbocycles. The molecular formula is C18H31N5O. The zero-order chi connectivity index (χ0) is 17.4. The molecule has 2 N–H and O–H groups in total. The summed E-state index contributed by atoms with van der Waals surface area (Å²) in [5.41, 5.74) is 1.46. The van der Waals surface area contributed by atoms with Crippen molar-refractivity contribution in [3.05, 3.63) is 22.6 Å². The molecule has 0 saturated carbocycles. The van der Waals surface area contributed by atoms with Crippen LogP contribution in [0.4, 0.5) is 5.82 Å². The first-order chi connectivity index (χ1) is 11.7. The number of hydrogen-bond donors (Lipinski definition) is 2. The summed E-state index contributed by atoms with van der Waals surface area (Å²) in [6.07, 6.45) is 4.91. The molecule has 2 aromatic heterocycles. The van der Waals surface area contributed by atoms with E-state index in [1.54, 1.807) is 4.57 Å². The summed E-state index contributed by atoms with van der Waals surface area (Å²) in [6, 6.07) is 3.87. The number of nitrogens with zero attached hydrogens (tertiary/aromatic N) is 3. The fourth-order valence-electron chi connectivity index (χ4n) is 2.89. The molecule has 0 aliphatic heterocycles. The van der Waals surface area contributed by atoms with E-state index in [1.165, 1.54) is 19.3 Å². The van der Waals surface area contributed by atoms with Crippen molar-refractivity contribution < 1.29 is 0 Å². The van der Waals surface area contributed by atoms with Crippen molar-refractivity contribution in [3.8, 4) is 0 Å². The number of likely N-dealkylation sites (N-methyl/N-ethyl adjacent to an activating group) is 1. The molecule has 0 bridgehead atoms. The van der Waals surface area contributed by atoms with E-state index in [9.17, 15) is 4.79 Å². The molecule has 0 saturated heterocycles. The van der Waals surface area contributed by atoms with Gasteiger partial charge >= 0.3 is 5.69 Å². The highest BCUT2D eigenvalue weighted by Gasteiger charge is 2.10. The van der Waals surface area contributed by atoms with Crippen LogP contribution in [0, 0.1) is 0 Å². The highest BCUT2D eigenvalue weighted by Crippen LogP contribution is 2.12. The molecule has 0 atom stereocenters. The summed E-state index contributed by atoms with van der Waals surface area (Å²) < 4.78 is 1.75. The van der Waals surface area contributed by atoms with Gasteiger partial charge in [0.2, 0.25) is 0 Å². The van der Waals surface area contributed by atoms with E-state index in [4.69, 9.17) is 0 Å². The Kier molecular flexibility index (Phi) is 7.31. The van der Waals surface area contributed by atoms with Gasteiger partial charge in [0.15, 0.2) is 5.65 Å². The molecule has 2 aromatic rings. The van der Waals surface area contributed by atoms with Crippen molar-refractivity contribution in [3.63, 3.8) is 0 Å². The molecule has 6 heteroatoms. The third kappa shape index (κ3) is 4.84. The average molecular weight is 333 g/mol. The quantitative estimate of drug-likeness (QED) is 0.620. The number of aromatic amines is 1. The first-order valence-corrected chi connectivity index (χ1v) is 9.25. The number of aromatic nitrogens is 3. The number of nitrogens with one attached hydrogen (secondary N) is 2. The van der Waals surface area contributed by atoms with E-state index >= 15 is 0 Å². The van der Waals surface area contributed by atoms with Crippen LogP contribution >= 0.6 is 0 Å². The highest BCUT2D eigenvalue weighted by atomic mass is 16.1. The second-order valence-electron chi connectivity index (χ2n) is 6.16. The number of unbranched alkanes of at least 4 members (excludes halogenated alkanes) is 3. The number of pyridine rings is 1. The van der Waals surface area contributed by atoms with Gasteiger partial charge in [0.1, 0.15) is 5.82 Å². The van der Waals surface area contributed by atoms with Crippen molar-refractivity contribution in [2.24, 2.45) is 0 Å². The van der Waals surface area contributed by atoms with Crippen LogP contribution in [-0.4, -0.2) is 45.6 Å². The Morgan fingerprint density at radius 2 is 1.96 bits per heavy atom. The minimum Gasteiger partial charge on any atom is -0.370 e. The summed E-state index contributed by atoms with van der Waals surface area (Å²) in [6.45, 7) is 10.9. The van der Waals surface area contributed by atoms with Gasteiger partial charge in [-0.25, -0.2) is 9.78 Å². The first-order valence-electron chi connectivity index (χ1n) is 9.25. The van der Waals surface area contributed by atoms with Crippen molar-refractivity contribution in [1.82, 2.24) is 19.4 Å². The van der Waals surface area contributed by atoms with Crippen molar-refractivity contribution in [2.45, 2.75) is 53.0 Å². The molecular weight excluding hydrogens is 302 g/mol. The molecule has 24 heavy (non-hydrogen) atoms. The molecule has 0 aliphatic rings. The number of anilines is 1. The lowest BCUT2D eigenvalue weighted by Crippen LogP contribution is -2.30. The zero-order valence-corrected chi connectivity index (χ0v) is 15.3. The second kappa shape index (κ2) is 9.47. The van der Waals surface area contributed by atoms with Crippen LogP contribution in [0.5, 0.6) is 0 Å². The minimum atomic E-state index is -0.0789. The standard InChI is InChI=1S/C18H31N5O/c1-4-7-8-9-12-19-16-11-10-15-17(21-16)23(18(24)20-15)14-13-22(5-2)6-3/h10-11H,4-9,12-14H2,1-3H3,(H,19,21)(H,20,24). The molecule has 134 valence electrons. The molecule has 6 nitrogen and oxygen atoms in total. The fourth-order valence-corrected chi connectivity index (χ4v) is 2.89. The van der Waals surface area contributed by atoms with Gasteiger partial charge in [-0.2, -0.15) is 0 Å². The van der Waals surface area contributed by atoms with Gasteiger partial charge in [0.25, 0.3) is 0 Å². The predicted octanol–water partition coefficient (Wildman–Crippen LogP) is 3.06. The number of imidazole rings is 1. The largest absolute Gasteiger partial charge is 0.370 e. The lowest BCUT2D eigenvalue weighted by molar-refractivity contribution is 0.290. The topological polar surface area (TPSA) is 66.0 Å². The van der Waals surface area contributed by atoms with Gasteiger partial charge < -0.3 is 15.2 Å². The maximum atomic E-state index is 12.2. The zero-order valence-electron chi connectivity index (χ0n) is 15.3. The van der Waals surface area contributed by atoms with Gasteiger partial charge in [-0.1, -0.05) is 40.0 Å². The number of rotatable bonds is 11. The van der Waals surface area contributed by atoms with Gasteiger partial charge in [-0.05, 0) is 31.6 Å². The first kappa shape index (κ1) is 18.5. The van der Waals surface area contributed by atoms with Gasteiger partial charge in [-0.3, -0.25) is 4.57 Å². The van der Waals surface area contributed by atoms with Crippen LogP contribution in [0.1, 0.15) is 46.5 Å². The monoisotopic (exact) mass is 333 g/mol. The molecule has 0 spiro atoms. The van der Waals surface area contributed by atoms with E-state index in [-0.39, 0.29) is 5.69 Å². The summed E-state index contributed by atoms with van der Waals surface area (Å²) in [5, 5.41) is 3.37. The molecule has 2 rings (SSSR count). The Morgan fingerprint density at radius 1 is 1.17 bits per heavy atom. The Morgan fingerprint density at radius 3 is 2.67 bits per heavy atom. The van der Waals surface area contributed by atoms with Crippen LogP contribution in [0.3, 0.4) is 0 Å². The Hall–Kier alpha value is -1.82. The van der Waals surface area contributed by atoms with Gasteiger partial charge in [0.05, 0.1) is 5.52 Å². The van der Waals surface area contributed by atoms with Crippen LogP contribution in [0.15, 0.2) is 16.9 Å². The Labute approximate surface area is 144 Å². The number of H-pyrrole nitrogens is 1. The molecule has 0 fully saturated rings. The number of fused-ring (bicyclic) bond motifs is 1. The summed E-state index contributed by atoms with van der Waals surface area (Å²) in [5.74, 6) is 0.842. The minimum absolute atomic E-state index is 0.0789. The van der Waals surface area contributed by atoms with E-state index < -0.39 is 0 Å². The van der Waals surface area contributed by atoms with Gasteiger partial charge in [-0.15, -0.1) is 0 Å². The molecule has 0 unspecified atom stereocenters. The fraction of sp³-hybridized carbons (Fsp3) is 0.667. The average Bonchev–Trinajstić information content (AvgIpc) is 2.90. The second-order valence-corrected chi connectivity index (χ2v) is 6.16. The van der Waals surface area contributed by atoms with Crippen LogP contribution in [0.2, 0.25) is 0 Å². The highest BCUT2D eigenvalue weighted by molar-refractivity contribution is 5.73. The van der Waals surface area contributed by atoms with E-state index in [0.717, 1.165) is 49.6 Å². The van der Waals surface area contributed by atoms with Crippen LogP contribution in [-0.2, 0) is 6.54 Å². The van der Waals surface area contributed by atoms with E-state index in [1.807, 2.05) is 12.1 Å². The predicted molar refractivity (Wildman–Crippen MR) is 101 cm³/mol. The summed E-state index contributed by atoms with van der Waals surface area (Å²) in [7, 11) is 0. The van der Waals surface area contributed by atoms with Gasteiger partial charge in [0, 0.05) is 19.6 Å². The normalized spacial score (nSPS) is 11.5. The third-order valence-electron chi connectivity index (χ3n) is 4.49. The maximum absolute atomic E-state index is 12.2. The Bertz CT molecular complexity index is 672. The molecule has 2 heterocycles. The van der Waals surface area contributed by atoms with Crippen LogP contribution < -0.4 is 11.0 Å². The lowest BCUT2D eigenvalue weighted by atomic mass is 10.2. The van der Waals surface area contributed by atoms with Crippen LogP contribution in [0.25, 0.3) is 11.2 Å².